The summed E-state index contributed by atoms with van der Waals surface area (Å²) in [7, 11) is -2.63. The van der Waals surface area contributed by atoms with E-state index in [1.54, 1.807) is 23.5 Å². The standard InChI is InChI=1S/C26H39IO3S2Si/c1-6-31-25(32-7-2)24(29)18-23(28)22(27)19-30-33(26(3,4)5,20-14-10-8-11-15-20)21-16-12-9-13-17-21/h8-17,22-25,28-29H,6-7,18-19H2,1-5H3/t22-,23-,24+/m1/s1. The van der Waals surface area contributed by atoms with E-state index in [1.165, 1.54) is 10.4 Å². The van der Waals surface area contributed by atoms with Crippen molar-refractivity contribution < 1.29 is 14.6 Å². The molecule has 0 radical (unpaired) electrons. The summed E-state index contributed by atoms with van der Waals surface area (Å²) in [4.78, 5) is 0. The largest absolute Gasteiger partial charge is 0.406 e. The van der Waals surface area contributed by atoms with Crippen molar-refractivity contribution in [3.63, 3.8) is 0 Å². The lowest BCUT2D eigenvalue weighted by Crippen LogP contribution is -2.67. The highest BCUT2D eigenvalue weighted by atomic mass is 127. The van der Waals surface area contributed by atoms with Gasteiger partial charge in [-0.2, -0.15) is 0 Å². The van der Waals surface area contributed by atoms with Gasteiger partial charge in [-0.15, -0.1) is 23.5 Å². The van der Waals surface area contributed by atoms with E-state index >= 15 is 0 Å². The molecule has 0 saturated heterocycles. The molecule has 2 N–H and O–H groups in total. The number of alkyl halides is 1. The third-order valence-electron chi connectivity index (χ3n) is 5.75. The molecule has 7 heteroatoms. The van der Waals surface area contributed by atoms with Crippen LogP contribution in [0.2, 0.25) is 5.04 Å². The molecule has 2 aromatic carbocycles. The number of halogens is 1. The van der Waals surface area contributed by atoms with Crippen molar-refractivity contribution in [2.24, 2.45) is 0 Å². The average Bonchev–Trinajstić information content (AvgIpc) is 2.79. The number of aliphatic hydroxyl groups excluding tert-OH is 2. The fourth-order valence-corrected chi connectivity index (χ4v) is 12.1. The van der Waals surface area contributed by atoms with Crippen molar-refractivity contribution in [3.8, 4) is 0 Å². The van der Waals surface area contributed by atoms with Crippen LogP contribution in [0.5, 0.6) is 0 Å². The normalized spacial score (nSPS) is 15.4. The van der Waals surface area contributed by atoms with Gasteiger partial charge in [0.2, 0.25) is 0 Å². The first-order chi connectivity index (χ1) is 15.7. The van der Waals surface area contributed by atoms with Gasteiger partial charge in [0.1, 0.15) is 0 Å². The van der Waals surface area contributed by atoms with Gasteiger partial charge >= 0.3 is 0 Å². The van der Waals surface area contributed by atoms with E-state index in [0.717, 1.165) is 11.5 Å². The molecule has 33 heavy (non-hydrogen) atoms. The molecule has 2 rings (SSSR count). The lowest BCUT2D eigenvalue weighted by atomic mass is 10.1. The first-order valence-electron chi connectivity index (χ1n) is 11.7. The summed E-state index contributed by atoms with van der Waals surface area (Å²) in [5.74, 6) is 1.91. The molecule has 3 nitrogen and oxygen atoms in total. The highest BCUT2D eigenvalue weighted by molar-refractivity contribution is 14.1. The van der Waals surface area contributed by atoms with Gasteiger partial charge in [0.05, 0.1) is 20.7 Å². The van der Waals surface area contributed by atoms with Gasteiger partial charge in [0, 0.05) is 13.0 Å². The number of thioether (sulfide) groups is 2. The molecule has 0 saturated carbocycles. The Bertz CT molecular complexity index is 759. The van der Waals surface area contributed by atoms with Gasteiger partial charge < -0.3 is 14.6 Å². The maximum atomic E-state index is 11.0. The molecule has 0 bridgehead atoms. The monoisotopic (exact) mass is 618 g/mol. The average molecular weight is 619 g/mol. The third kappa shape index (κ3) is 7.72. The maximum absolute atomic E-state index is 11.0. The van der Waals surface area contributed by atoms with E-state index in [4.69, 9.17) is 4.43 Å². The van der Waals surface area contributed by atoms with Crippen molar-refractivity contribution in [1.29, 1.82) is 0 Å². The molecule has 184 valence electrons. The second-order valence-corrected chi connectivity index (χ2v) is 18.2. The Morgan fingerprint density at radius 2 is 1.30 bits per heavy atom. The minimum Gasteiger partial charge on any atom is -0.406 e. The van der Waals surface area contributed by atoms with Crippen molar-refractivity contribution in [2.45, 2.75) is 66.8 Å². The number of aliphatic hydroxyl groups is 2. The Hall–Kier alpha value is -0.0331. The van der Waals surface area contributed by atoms with Crippen molar-refractivity contribution in [3.05, 3.63) is 60.7 Å². The highest BCUT2D eigenvalue weighted by Gasteiger charge is 2.50. The summed E-state index contributed by atoms with van der Waals surface area (Å²) >= 11 is 5.80. The second kappa shape index (κ2) is 13.9. The molecule has 3 atom stereocenters. The van der Waals surface area contributed by atoms with Crippen molar-refractivity contribution in [1.82, 2.24) is 0 Å². The van der Waals surface area contributed by atoms with Gasteiger partial charge in [0.15, 0.2) is 0 Å². The zero-order chi connectivity index (χ0) is 24.5. The molecule has 0 amide bonds. The smallest absolute Gasteiger partial charge is 0.261 e. The van der Waals surface area contributed by atoms with Gasteiger partial charge in [-0.3, -0.25) is 0 Å². The number of hydrogen-bond acceptors (Lipinski definition) is 5. The Morgan fingerprint density at radius 1 is 0.848 bits per heavy atom. The van der Waals surface area contributed by atoms with Crippen LogP contribution in [0, 0.1) is 0 Å². The first kappa shape index (κ1) is 29.2. The first-order valence-corrected chi connectivity index (χ1v) is 16.9. The quantitative estimate of drug-likeness (QED) is 0.138. The van der Waals surface area contributed by atoms with Crippen molar-refractivity contribution in [2.75, 3.05) is 18.1 Å². The van der Waals surface area contributed by atoms with Crippen LogP contribution in [0.15, 0.2) is 60.7 Å². The zero-order valence-corrected chi connectivity index (χ0v) is 25.2. The maximum Gasteiger partial charge on any atom is 0.261 e. The molecule has 0 fully saturated rings. The number of rotatable bonds is 13. The summed E-state index contributed by atoms with van der Waals surface area (Å²) in [6, 6.07) is 21.1. The summed E-state index contributed by atoms with van der Waals surface area (Å²) in [5, 5.41) is 24.1. The fourth-order valence-electron chi connectivity index (χ4n) is 4.18. The predicted octanol–water partition coefficient (Wildman–Crippen LogP) is 5.31. The van der Waals surface area contributed by atoms with E-state index in [0.29, 0.717) is 13.0 Å². The third-order valence-corrected chi connectivity index (χ3v) is 14.7. The van der Waals surface area contributed by atoms with E-state index < -0.39 is 20.5 Å². The van der Waals surface area contributed by atoms with Crippen LogP contribution in [0.3, 0.4) is 0 Å². The summed E-state index contributed by atoms with van der Waals surface area (Å²) in [6.07, 6.45) is -0.807. The number of hydrogen-bond donors (Lipinski definition) is 2. The Morgan fingerprint density at radius 3 is 1.70 bits per heavy atom. The van der Waals surface area contributed by atoms with Gasteiger partial charge in [-0.05, 0) is 26.9 Å². The van der Waals surface area contributed by atoms with Crippen LogP contribution in [0.1, 0.15) is 41.0 Å². The summed E-state index contributed by atoms with van der Waals surface area (Å²) in [6.45, 7) is 11.4. The Balaban J connectivity index is 2.25. The second-order valence-electron chi connectivity index (χ2n) is 9.14. The summed E-state index contributed by atoms with van der Waals surface area (Å²) < 4.78 is 6.95. The van der Waals surface area contributed by atoms with Gasteiger partial charge in [0.25, 0.3) is 8.32 Å². The van der Waals surface area contributed by atoms with Crippen LogP contribution in [0.25, 0.3) is 0 Å². The van der Waals surface area contributed by atoms with E-state index in [-0.39, 0.29) is 13.5 Å². The minimum atomic E-state index is -2.63. The molecular formula is C26H39IO3S2Si. The lowest BCUT2D eigenvalue weighted by Gasteiger charge is -2.43. The highest BCUT2D eigenvalue weighted by Crippen LogP contribution is 2.37. The van der Waals surface area contributed by atoms with Gasteiger partial charge in [-0.1, -0.05) is 118 Å². The van der Waals surface area contributed by atoms with E-state index in [2.05, 4.69) is 106 Å². The Labute approximate surface area is 223 Å². The molecular weight excluding hydrogens is 579 g/mol. The molecule has 0 aliphatic rings. The molecule has 0 aromatic heterocycles. The number of benzene rings is 2. The lowest BCUT2D eigenvalue weighted by molar-refractivity contribution is 0.0805. The topological polar surface area (TPSA) is 49.7 Å². The predicted molar refractivity (Wildman–Crippen MR) is 158 cm³/mol. The zero-order valence-electron chi connectivity index (χ0n) is 20.4. The molecule has 0 spiro atoms. The van der Waals surface area contributed by atoms with Crippen LogP contribution in [-0.4, -0.2) is 57.4 Å². The SMILES string of the molecule is CCSC(SCC)[C@@H](O)C[C@@H](O)[C@H](I)CO[Si](c1ccccc1)(c1ccccc1)C(C)(C)C. The molecule has 0 aliphatic carbocycles. The van der Waals surface area contributed by atoms with Crippen LogP contribution in [0.4, 0.5) is 0 Å². The van der Waals surface area contributed by atoms with Gasteiger partial charge in [-0.25, -0.2) is 0 Å². The van der Waals surface area contributed by atoms with E-state index in [1.807, 2.05) is 12.1 Å². The molecule has 2 aromatic rings. The van der Waals surface area contributed by atoms with Crippen LogP contribution in [-0.2, 0) is 4.43 Å². The fraction of sp³-hybridized carbons (Fsp3) is 0.538. The van der Waals surface area contributed by atoms with E-state index in [9.17, 15) is 10.2 Å². The Kier molecular flexibility index (Phi) is 12.3. The molecule has 0 aliphatic heterocycles. The molecule has 0 unspecified atom stereocenters. The summed E-state index contributed by atoms with van der Waals surface area (Å²) in [5.41, 5.74) is 0. The molecule has 0 heterocycles. The minimum absolute atomic E-state index is 0.0934. The van der Waals surface area contributed by atoms with Crippen molar-refractivity contribution >= 4 is 64.8 Å². The van der Waals surface area contributed by atoms with Crippen LogP contribution < -0.4 is 10.4 Å². The van der Waals surface area contributed by atoms with Crippen LogP contribution >= 0.6 is 46.1 Å².